The van der Waals surface area contributed by atoms with Crippen LogP contribution < -0.4 is 0 Å². The molecule has 1 unspecified atom stereocenters. The van der Waals surface area contributed by atoms with E-state index in [0.717, 1.165) is 45.4 Å². The van der Waals surface area contributed by atoms with Crippen LogP contribution in [-0.2, 0) is 6.54 Å². The van der Waals surface area contributed by atoms with Gasteiger partial charge in [0.1, 0.15) is 5.82 Å². The number of halogens is 1. The predicted molar refractivity (Wildman–Crippen MR) is 126 cm³/mol. The molecule has 0 saturated carbocycles. The molecular formula is C27H23FN2O2. The zero-order valence-electron chi connectivity index (χ0n) is 18.0. The molecule has 32 heavy (non-hydrogen) atoms. The van der Waals surface area contributed by atoms with E-state index < -0.39 is 5.97 Å². The van der Waals surface area contributed by atoms with Crippen molar-refractivity contribution in [2.45, 2.75) is 32.7 Å². The van der Waals surface area contributed by atoms with Gasteiger partial charge in [0.05, 0.1) is 17.6 Å². The van der Waals surface area contributed by atoms with E-state index in [4.69, 9.17) is 0 Å². The average molecular weight is 426 g/mol. The van der Waals surface area contributed by atoms with Crippen molar-refractivity contribution in [2.75, 3.05) is 0 Å². The Kier molecular flexibility index (Phi) is 4.89. The largest absolute Gasteiger partial charge is 0.478 e. The highest BCUT2D eigenvalue weighted by Crippen LogP contribution is 2.43. The molecule has 0 saturated heterocycles. The van der Waals surface area contributed by atoms with Crippen molar-refractivity contribution >= 4 is 23.1 Å². The maximum atomic E-state index is 13.7. The smallest absolute Gasteiger partial charge is 0.335 e. The van der Waals surface area contributed by atoms with Gasteiger partial charge >= 0.3 is 5.97 Å². The average Bonchev–Trinajstić information content (AvgIpc) is 3.39. The topological polar surface area (TPSA) is 54.6 Å². The lowest BCUT2D eigenvalue weighted by Gasteiger charge is -2.18. The summed E-state index contributed by atoms with van der Waals surface area (Å²) in [5, 5.41) is 10.4. The van der Waals surface area contributed by atoms with Crippen LogP contribution in [0.5, 0.6) is 0 Å². The maximum absolute atomic E-state index is 13.7. The summed E-state index contributed by atoms with van der Waals surface area (Å²) in [5.74, 6) is -0.986. The molecule has 4 nitrogen and oxygen atoms in total. The van der Waals surface area contributed by atoms with Gasteiger partial charge in [-0.15, -0.1) is 0 Å². The Morgan fingerprint density at radius 2 is 1.84 bits per heavy atom. The summed E-state index contributed by atoms with van der Waals surface area (Å²) < 4.78 is 15.9. The van der Waals surface area contributed by atoms with Gasteiger partial charge < -0.3 is 9.67 Å². The van der Waals surface area contributed by atoms with Gasteiger partial charge in [-0.05, 0) is 77.6 Å². The van der Waals surface area contributed by atoms with Crippen LogP contribution in [0.4, 0.5) is 4.39 Å². The minimum absolute atomic E-state index is 0.227. The van der Waals surface area contributed by atoms with Crippen LogP contribution in [0, 0.1) is 5.82 Å². The second-order valence-electron chi connectivity index (χ2n) is 8.30. The molecule has 0 amide bonds. The van der Waals surface area contributed by atoms with Crippen molar-refractivity contribution in [2.24, 2.45) is 4.99 Å². The molecule has 3 aromatic carbocycles. The van der Waals surface area contributed by atoms with Gasteiger partial charge in [0.25, 0.3) is 0 Å². The molecule has 2 heterocycles. The zero-order chi connectivity index (χ0) is 22.4. The maximum Gasteiger partial charge on any atom is 0.335 e. The van der Waals surface area contributed by atoms with Crippen molar-refractivity contribution in [3.63, 3.8) is 0 Å². The minimum Gasteiger partial charge on any atom is -0.478 e. The Balaban J connectivity index is 1.88. The number of fused-ring (bicyclic) bond motifs is 2. The molecule has 0 spiro atoms. The summed E-state index contributed by atoms with van der Waals surface area (Å²) >= 11 is 0. The highest BCUT2D eigenvalue weighted by molar-refractivity contribution is 6.03. The number of hydrogen-bond donors (Lipinski definition) is 1. The third-order valence-corrected chi connectivity index (χ3v) is 6.34. The van der Waals surface area contributed by atoms with Crippen LogP contribution in [0.1, 0.15) is 53.4 Å². The highest BCUT2D eigenvalue weighted by atomic mass is 19.1. The van der Waals surface area contributed by atoms with E-state index in [1.165, 1.54) is 17.7 Å². The molecule has 160 valence electrons. The molecule has 1 aliphatic rings. The van der Waals surface area contributed by atoms with Gasteiger partial charge in [0, 0.05) is 28.5 Å². The van der Waals surface area contributed by atoms with Crippen molar-refractivity contribution in [1.82, 2.24) is 4.57 Å². The number of aliphatic imine (C=N–C) groups is 1. The van der Waals surface area contributed by atoms with Crippen molar-refractivity contribution < 1.29 is 14.3 Å². The first-order chi connectivity index (χ1) is 15.5. The third kappa shape index (κ3) is 3.21. The molecular weight excluding hydrogens is 403 g/mol. The predicted octanol–water partition coefficient (Wildman–Crippen LogP) is 6.58. The van der Waals surface area contributed by atoms with Crippen LogP contribution in [0.25, 0.3) is 27.7 Å². The molecule has 1 aromatic heterocycles. The number of carboxylic acids is 1. The standard InChI is InChI=1S/C27H23FN2O2/c1-3-16(2)26-25(17-4-6-18(7-5-17)27(31)32)23-12-19-14-29-15-20(19)13-24(23)30(26)22-10-8-21(28)9-11-22/h4-13,15-16H,3,14H2,1-2H3,(H,31,32). The molecule has 5 heteroatoms. The van der Waals surface area contributed by atoms with Gasteiger partial charge in [-0.3, -0.25) is 4.99 Å². The van der Waals surface area contributed by atoms with Gasteiger partial charge in [-0.2, -0.15) is 0 Å². The first kappa shape index (κ1) is 20.2. The summed E-state index contributed by atoms with van der Waals surface area (Å²) in [7, 11) is 0. The second kappa shape index (κ2) is 7.75. The summed E-state index contributed by atoms with van der Waals surface area (Å²) in [6.07, 6.45) is 2.83. The number of carboxylic acid groups (broad SMARTS) is 1. The lowest BCUT2D eigenvalue weighted by Crippen LogP contribution is -2.05. The zero-order valence-corrected chi connectivity index (χ0v) is 18.0. The molecule has 0 aliphatic carbocycles. The number of benzene rings is 3. The van der Waals surface area contributed by atoms with Crippen LogP contribution >= 0.6 is 0 Å². The van der Waals surface area contributed by atoms with Crippen LogP contribution in [0.3, 0.4) is 0 Å². The van der Waals surface area contributed by atoms with E-state index in [1.54, 1.807) is 24.3 Å². The Bertz CT molecular complexity index is 1370. The Morgan fingerprint density at radius 3 is 2.50 bits per heavy atom. The SMILES string of the molecule is CCC(C)c1c(-c2ccc(C(=O)O)cc2)c2cc3c(cc2n1-c1ccc(F)cc1)C=NC3. The quantitative estimate of drug-likeness (QED) is 0.392. The van der Waals surface area contributed by atoms with E-state index in [0.29, 0.717) is 6.54 Å². The van der Waals surface area contributed by atoms with Gasteiger partial charge in [0.15, 0.2) is 0 Å². The van der Waals surface area contributed by atoms with Crippen molar-refractivity contribution in [1.29, 1.82) is 0 Å². The summed E-state index contributed by atoms with van der Waals surface area (Å²) in [4.78, 5) is 15.8. The lowest BCUT2D eigenvalue weighted by molar-refractivity contribution is 0.0697. The monoisotopic (exact) mass is 426 g/mol. The normalized spacial score (nSPS) is 13.5. The number of aromatic nitrogens is 1. The summed E-state index contributed by atoms with van der Waals surface area (Å²) in [6, 6.07) is 18.0. The molecule has 0 bridgehead atoms. The molecule has 0 fully saturated rings. The Labute approximate surface area is 185 Å². The van der Waals surface area contributed by atoms with Gasteiger partial charge in [-0.1, -0.05) is 26.0 Å². The first-order valence-corrected chi connectivity index (χ1v) is 10.8. The van der Waals surface area contributed by atoms with Crippen molar-refractivity contribution in [3.05, 3.63) is 88.9 Å². The van der Waals surface area contributed by atoms with Crippen molar-refractivity contribution in [3.8, 4) is 16.8 Å². The van der Waals surface area contributed by atoms with E-state index in [1.807, 2.05) is 18.3 Å². The fraction of sp³-hybridized carbons (Fsp3) is 0.185. The molecule has 1 aliphatic heterocycles. The molecule has 5 rings (SSSR count). The van der Waals surface area contributed by atoms with E-state index in [-0.39, 0.29) is 17.3 Å². The number of rotatable bonds is 5. The molecule has 1 atom stereocenters. The van der Waals surface area contributed by atoms with Gasteiger partial charge in [-0.25, -0.2) is 9.18 Å². The van der Waals surface area contributed by atoms with Crippen LogP contribution in [0.2, 0.25) is 0 Å². The summed E-state index contributed by atoms with van der Waals surface area (Å²) in [6.45, 7) is 5.00. The lowest BCUT2D eigenvalue weighted by atomic mass is 9.93. The fourth-order valence-corrected chi connectivity index (χ4v) is 4.52. The number of nitrogens with zero attached hydrogens (tertiary/aromatic N) is 2. The Hall–Kier alpha value is -3.73. The number of hydrogen-bond acceptors (Lipinski definition) is 2. The number of carbonyl (C=O) groups is 1. The highest BCUT2D eigenvalue weighted by Gasteiger charge is 2.25. The second-order valence-corrected chi connectivity index (χ2v) is 8.30. The number of aromatic carboxylic acids is 1. The molecule has 4 aromatic rings. The fourth-order valence-electron chi connectivity index (χ4n) is 4.52. The van der Waals surface area contributed by atoms with Crippen LogP contribution in [-0.4, -0.2) is 21.9 Å². The molecule has 0 radical (unpaired) electrons. The summed E-state index contributed by atoms with van der Waals surface area (Å²) in [5.41, 5.74) is 7.66. The minimum atomic E-state index is -0.942. The van der Waals surface area contributed by atoms with E-state index in [2.05, 4.69) is 35.5 Å². The molecule has 1 N–H and O–H groups in total. The van der Waals surface area contributed by atoms with E-state index >= 15 is 0 Å². The Morgan fingerprint density at radius 1 is 1.12 bits per heavy atom. The first-order valence-electron chi connectivity index (χ1n) is 10.8. The van der Waals surface area contributed by atoms with Gasteiger partial charge in [0.2, 0.25) is 0 Å². The van der Waals surface area contributed by atoms with E-state index in [9.17, 15) is 14.3 Å². The third-order valence-electron chi connectivity index (χ3n) is 6.34. The van der Waals surface area contributed by atoms with Crippen LogP contribution in [0.15, 0.2) is 65.7 Å².